The van der Waals surface area contributed by atoms with Crippen LogP contribution in [0.3, 0.4) is 0 Å². The number of Topliss-reactive ketones (excluding diaryl/α,β-unsaturated/α-hetero) is 1. The van der Waals surface area contributed by atoms with Gasteiger partial charge >= 0.3 is 0 Å². The van der Waals surface area contributed by atoms with Crippen molar-refractivity contribution in [2.45, 2.75) is 50.3 Å². The summed E-state index contributed by atoms with van der Waals surface area (Å²) in [7, 11) is -3.31. The van der Waals surface area contributed by atoms with E-state index in [2.05, 4.69) is 20.3 Å². The van der Waals surface area contributed by atoms with Gasteiger partial charge in [-0.2, -0.15) is 4.39 Å². The molecule has 1 aromatic carbocycles. The van der Waals surface area contributed by atoms with Gasteiger partial charge in [0.2, 0.25) is 11.9 Å². The number of rotatable bonds is 6. The smallest absolute Gasteiger partial charge is 0.229 e. The zero-order valence-corrected chi connectivity index (χ0v) is 22.0. The number of pyridine rings is 1. The highest BCUT2D eigenvalue weighted by molar-refractivity contribution is 7.91. The summed E-state index contributed by atoms with van der Waals surface area (Å²) in [6, 6.07) is 9.43. The number of sulfone groups is 1. The van der Waals surface area contributed by atoms with Crippen LogP contribution in [0.4, 0.5) is 10.2 Å². The molecule has 196 valence electrons. The number of hydrogen-bond acceptors (Lipinski definition) is 7. The predicted molar refractivity (Wildman–Crippen MR) is 138 cm³/mol. The van der Waals surface area contributed by atoms with Crippen molar-refractivity contribution in [2.24, 2.45) is 0 Å². The van der Waals surface area contributed by atoms with Crippen molar-refractivity contribution in [1.29, 1.82) is 0 Å². The summed E-state index contributed by atoms with van der Waals surface area (Å²) in [4.78, 5) is 39.7. The van der Waals surface area contributed by atoms with E-state index in [4.69, 9.17) is 0 Å². The van der Waals surface area contributed by atoms with Crippen LogP contribution in [0.2, 0.25) is 0 Å². The first-order chi connectivity index (χ1) is 18.0. The minimum absolute atomic E-state index is 0.00622. The van der Waals surface area contributed by atoms with Gasteiger partial charge < -0.3 is 5.32 Å². The van der Waals surface area contributed by atoms with Crippen molar-refractivity contribution in [3.63, 3.8) is 0 Å². The van der Waals surface area contributed by atoms with Gasteiger partial charge in [0.05, 0.1) is 39.6 Å². The molecule has 9 nitrogen and oxygen atoms in total. The lowest BCUT2D eigenvalue weighted by Crippen LogP contribution is -2.39. The maximum Gasteiger partial charge on any atom is 0.229 e. The minimum atomic E-state index is -3.31. The number of nitrogens with one attached hydrogen (secondary N) is 1. The number of carbonyl (C=O) groups excluding carboxylic acids is 2. The zero-order valence-electron chi connectivity index (χ0n) is 21.2. The van der Waals surface area contributed by atoms with Crippen molar-refractivity contribution in [3.8, 4) is 0 Å². The number of nitrogens with zero attached hydrogens (tertiary/aromatic N) is 4. The molecule has 0 saturated heterocycles. The molecular formula is C27H26FN5O4S. The van der Waals surface area contributed by atoms with Crippen LogP contribution in [-0.4, -0.2) is 45.2 Å². The Morgan fingerprint density at radius 2 is 1.89 bits per heavy atom. The molecule has 3 aromatic heterocycles. The quantitative estimate of drug-likeness (QED) is 0.400. The van der Waals surface area contributed by atoms with Gasteiger partial charge in [-0.15, -0.1) is 0 Å². The number of hydrogen-bond donors (Lipinski definition) is 1. The fraction of sp³-hybridized carbons (Fsp3) is 0.296. The first-order valence-corrected chi connectivity index (χ1v) is 13.8. The number of ketones is 1. The van der Waals surface area contributed by atoms with Crippen LogP contribution in [0.5, 0.6) is 0 Å². The summed E-state index contributed by atoms with van der Waals surface area (Å²) in [5, 5.41) is 2.75. The van der Waals surface area contributed by atoms with Gasteiger partial charge in [0, 0.05) is 18.0 Å². The molecule has 0 saturated carbocycles. The van der Waals surface area contributed by atoms with Crippen LogP contribution >= 0.6 is 0 Å². The van der Waals surface area contributed by atoms with Crippen molar-refractivity contribution in [3.05, 3.63) is 82.9 Å². The number of aromatic nitrogens is 4. The first-order valence-electron chi connectivity index (χ1n) is 12.2. The summed E-state index contributed by atoms with van der Waals surface area (Å²) in [6.45, 7) is 4.93. The third-order valence-electron chi connectivity index (χ3n) is 7.04. The molecule has 38 heavy (non-hydrogen) atoms. The Morgan fingerprint density at radius 3 is 2.61 bits per heavy atom. The Kier molecular flexibility index (Phi) is 6.34. The van der Waals surface area contributed by atoms with Gasteiger partial charge in [0.1, 0.15) is 5.82 Å². The van der Waals surface area contributed by atoms with E-state index < -0.39 is 21.2 Å². The second-order valence-electron chi connectivity index (χ2n) is 9.58. The molecule has 11 heteroatoms. The SMILES string of the molecule is CCS(=O)(=O)c1ccc(CC(=O)Nc2ccc3c(n2)CCC(C)(c2nccn4c(F)c(C)nc24)C3=O)cc1. The number of carbonyl (C=O) groups is 2. The largest absolute Gasteiger partial charge is 0.310 e. The number of amides is 1. The zero-order chi connectivity index (χ0) is 27.2. The van der Waals surface area contributed by atoms with Crippen LogP contribution in [0.1, 0.15) is 53.3 Å². The van der Waals surface area contributed by atoms with Crippen molar-refractivity contribution >= 4 is 33.0 Å². The molecule has 1 atom stereocenters. The van der Waals surface area contributed by atoms with Crippen molar-refractivity contribution in [1.82, 2.24) is 19.4 Å². The molecule has 0 fully saturated rings. The van der Waals surface area contributed by atoms with Crippen molar-refractivity contribution in [2.75, 3.05) is 11.1 Å². The Labute approximate surface area is 219 Å². The van der Waals surface area contributed by atoms with Gasteiger partial charge in [-0.3, -0.25) is 19.0 Å². The van der Waals surface area contributed by atoms with Gasteiger partial charge in [-0.25, -0.2) is 18.4 Å². The standard InChI is InChI=1S/C27H26FN5O4S/c1-4-38(36,37)18-7-5-17(6-8-18)15-22(34)32-21-10-9-19-20(31-21)11-12-27(3,24(19)35)23-26-30-16(2)25(28)33(26)14-13-29-23/h5-10,13-14H,4,11-12,15H2,1-3H3,(H,31,32,34). The van der Waals surface area contributed by atoms with E-state index >= 15 is 0 Å². The molecule has 1 aliphatic rings. The monoisotopic (exact) mass is 535 g/mol. The summed E-state index contributed by atoms with van der Waals surface area (Å²) in [5.41, 5.74) is 1.61. The summed E-state index contributed by atoms with van der Waals surface area (Å²) < 4.78 is 39.7. The maximum absolute atomic E-state index is 14.5. The Hall–Kier alpha value is -3.99. The van der Waals surface area contributed by atoms with E-state index in [0.29, 0.717) is 46.8 Å². The highest BCUT2D eigenvalue weighted by Crippen LogP contribution is 2.39. The van der Waals surface area contributed by atoms with E-state index in [1.54, 1.807) is 45.0 Å². The molecule has 0 aliphatic heterocycles. The fourth-order valence-electron chi connectivity index (χ4n) is 4.78. The third-order valence-corrected chi connectivity index (χ3v) is 8.79. The van der Waals surface area contributed by atoms with Gasteiger partial charge in [-0.05, 0) is 56.5 Å². The summed E-state index contributed by atoms with van der Waals surface area (Å²) in [5.74, 6) is -0.663. The van der Waals surface area contributed by atoms with Crippen molar-refractivity contribution < 1.29 is 22.4 Å². The number of imidazole rings is 1. The number of halogens is 1. The van der Waals surface area contributed by atoms with E-state index in [-0.39, 0.29) is 34.5 Å². The molecule has 3 heterocycles. The molecular weight excluding hydrogens is 509 g/mol. The minimum Gasteiger partial charge on any atom is -0.310 e. The topological polar surface area (TPSA) is 123 Å². The maximum atomic E-state index is 14.5. The second-order valence-corrected chi connectivity index (χ2v) is 11.9. The average Bonchev–Trinajstić information content (AvgIpc) is 3.20. The molecule has 0 spiro atoms. The normalized spacial score (nSPS) is 17.4. The number of benzene rings is 1. The van der Waals surface area contributed by atoms with Gasteiger partial charge in [0.25, 0.3) is 0 Å². The van der Waals surface area contributed by atoms with Crippen LogP contribution in [0, 0.1) is 12.9 Å². The lowest BCUT2D eigenvalue weighted by molar-refractivity contribution is -0.115. The van der Waals surface area contributed by atoms with E-state index in [0.717, 1.165) is 0 Å². The summed E-state index contributed by atoms with van der Waals surface area (Å²) in [6.07, 6.45) is 3.85. The highest BCUT2D eigenvalue weighted by Gasteiger charge is 2.43. The number of aryl methyl sites for hydroxylation is 2. The Morgan fingerprint density at radius 1 is 1.16 bits per heavy atom. The molecule has 1 N–H and O–H groups in total. The molecule has 4 aromatic rings. The molecule has 0 bridgehead atoms. The van der Waals surface area contributed by atoms with Crippen LogP contribution in [0.15, 0.2) is 53.7 Å². The molecule has 5 rings (SSSR count). The number of anilines is 1. The molecule has 0 radical (unpaired) electrons. The fourth-order valence-corrected chi connectivity index (χ4v) is 5.66. The van der Waals surface area contributed by atoms with E-state index in [1.807, 2.05) is 0 Å². The van der Waals surface area contributed by atoms with Gasteiger partial charge in [-0.1, -0.05) is 19.1 Å². The Bertz CT molecular complexity index is 1700. The van der Waals surface area contributed by atoms with Crippen LogP contribution in [0.25, 0.3) is 5.65 Å². The van der Waals surface area contributed by atoms with Crippen LogP contribution in [-0.2, 0) is 32.9 Å². The van der Waals surface area contributed by atoms with E-state index in [9.17, 15) is 22.4 Å². The lowest BCUT2D eigenvalue weighted by atomic mass is 9.71. The summed E-state index contributed by atoms with van der Waals surface area (Å²) >= 11 is 0. The first kappa shape index (κ1) is 25.7. The number of fused-ring (bicyclic) bond motifs is 2. The molecule has 1 amide bonds. The van der Waals surface area contributed by atoms with Gasteiger partial charge in [0.15, 0.2) is 21.3 Å². The predicted octanol–water partition coefficient (Wildman–Crippen LogP) is 3.63. The average molecular weight is 536 g/mol. The van der Waals surface area contributed by atoms with E-state index in [1.165, 1.54) is 28.9 Å². The Balaban J connectivity index is 1.34. The molecule has 1 aliphatic carbocycles. The second kappa shape index (κ2) is 9.39. The third kappa shape index (κ3) is 4.36. The van der Waals surface area contributed by atoms with Crippen LogP contribution < -0.4 is 5.32 Å². The lowest BCUT2D eigenvalue weighted by Gasteiger charge is -2.32. The highest BCUT2D eigenvalue weighted by atomic mass is 32.2. The molecule has 1 unspecified atom stereocenters.